The van der Waals surface area contributed by atoms with Gasteiger partial charge < -0.3 is 9.88 Å². The Kier molecular flexibility index (Phi) is 5.91. The molecule has 3 aromatic rings. The highest BCUT2D eigenvalue weighted by Gasteiger charge is 2.34. The number of anilines is 1. The largest absolute Gasteiger partial charge is 0.337 e. The standard InChI is InChI=1S/C20H22FN5O3S2/c1-13-23-17(11-25(13)2)31(28,29)26-9-7-15(8-10-26)19(27)24-20-18(22-12-30-20)14-3-5-16(21)6-4-14/h3-6,11-12,15H,7-10H2,1-2H3,(H,24,27). The zero-order chi connectivity index (χ0) is 22.2. The first-order chi connectivity index (χ1) is 14.8. The second-order valence-corrected chi connectivity index (χ2v) is 10.2. The summed E-state index contributed by atoms with van der Waals surface area (Å²) >= 11 is 1.29. The number of nitrogens with one attached hydrogen (secondary N) is 1. The van der Waals surface area contributed by atoms with Crippen LogP contribution in [0.5, 0.6) is 0 Å². The quantitative estimate of drug-likeness (QED) is 0.627. The third-order valence-electron chi connectivity index (χ3n) is 5.44. The third kappa shape index (κ3) is 4.39. The molecule has 0 saturated carbocycles. The van der Waals surface area contributed by atoms with Crippen LogP contribution in [0.2, 0.25) is 0 Å². The Bertz CT molecular complexity index is 1180. The Morgan fingerprint density at radius 3 is 2.52 bits per heavy atom. The average molecular weight is 464 g/mol. The summed E-state index contributed by atoms with van der Waals surface area (Å²) in [6.07, 6.45) is 2.34. The number of rotatable bonds is 5. The number of imidazole rings is 1. The molecule has 0 aliphatic carbocycles. The maximum absolute atomic E-state index is 13.2. The summed E-state index contributed by atoms with van der Waals surface area (Å²) in [5.41, 5.74) is 2.92. The summed E-state index contributed by atoms with van der Waals surface area (Å²) in [7, 11) is -1.93. The van der Waals surface area contributed by atoms with Crippen LogP contribution >= 0.6 is 11.3 Å². The number of nitrogens with zero attached hydrogens (tertiary/aromatic N) is 4. The zero-order valence-electron chi connectivity index (χ0n) is 17.1. The number of carbonyl (C=O) groups excluding carboxylic acids is 1. The maximum Gasteiger partial charge on any atom is 0.262 e. The number of hydrogen-bond donors (Lipinski definition) is 1. The van der Waals surface area contributed by atoms with Crippen LogP contribution in [0.25, 0.3) is 11.3 Å². The fraction of sp³-hybridized carbons (Fsp3) is 0.350. The smallest absolute Gasteiger partial charge is 0.262 e. The summed E-state index contributed by atoms with van der Waals surface area (Å²) in [6.45, 7) is 2.25. The first-order valence-electron chi connectivity index (χ1n) is 9.76. The molecule has 8 nitrogen and oxygen atoms in total. The number of benzene rings is 1. The van der Waals surface area contributed by atoms with E-state index >= 15 is 0 Å². The van der Waals surface area contributed by atoms with Gasteiger partial charge in [0.25, 0.3) is 10.0 Å². The minimum absolute atomic E-state index is 0.0315. The molecule has 1 saturated heterocycles. The van der Waals surface area contributed by atoms with Gasteiger partial charge in [0.2, 0.25) is 5.91 Å². The van der Waals surface area contributed by atoms with Gasteiger partial charge in [0, 0.05) is 37.8 Å². The summed E-state index contributed by atoms with van der Waals surface area (Å²) in [5.74, 6) is -0.195. The lowest BCUT2D eigenvalue weighted by atomic mass is 9.97. The molecule has 0 radical (unpaired) electrons. The van der Waals surface area contributed by atoms with E-state index in [1.54, 1.807) is 36.2 Å². The van der Waals surface area contributed by atoms with Crippen molar-refractivity contribution in [2.75, 3.05) is 18.4 Å². The lowest BCUT2D eigenvalue weighted by Crippen LogP contribution is -2.41. The number of thiazole rings is 1. The highest BCUT2D eigenvalue weighted by atomic mass is 32.2. The van der Waals surface area contributed by atoms with E-state index in [4.69, 9.17) is 0 Å². The van der Waals surface area contributed by atoms with Gasteiger partial charge in [-0.15, -0.1) is 11.3 Å². The van der Waals surface area contributed by atoms with E-state index in [0.29, 0.717) is 34.9 Å². The second kappa shape index (κ2) is 8.48. The van der Waals surface area contributed by atoms with E-state index in [2.05, 4.69) is 15.3 Å². The number of aryl methyl sites for hydroxylation is 2. The first-order valence-corrected chi connectivity index (χ1v) is 12.1. The monoisotopic (exact) mass is 463 g/mol. The topological polar surface area (TPSA) is 97.2 Å². The minimum Gasteiger partial charge on any atom is -0.337 e. The second-order valence-electron chi connectivity index (χ2n) is 7.44. The zero-order valence-corrected chi connectivity index (χ0v) is 18.7. The molecule has 0 bridgehead atoms. The van der Waals surface area contributed by atoms with Crippen molar-refractivity contribution in [1.82, 2.24) is 18.8 Å². The van der Waals surface area contributed by atoms with E-state index < -0.39 is 10.0 Å². The molecule has 1 fully saturated rings. The molecule has 1 aliphatic heterocycles. The normalized spacial score (nSPS) is 15.8. The number of hydrogen-bond acceptors (Lipinski definition) is 6. The van der Waals surface area contributed by atoms with Crippen molar-refractivity contribution in [2.45, 2.75) is 24.8 Å². The molecule has 0 unspecified atom stereocenters. The van der Waals surface area contributed by atoms with Crippen molar-refractivity contribution in [2.24, 2.45) is 13.0 Å². The van der Waals surface area contributed by atoms with Crippen molar-refractivity contribution in [3.63, 3.8) is 0 Å². The summed E-state index contributed by atoms with van der Waals surface area (Å²) in [5, 5.41) is 3.53. The van der Waals surface area contributed by atoms with Gasteiger partial charge in [-0.1, -0.05) is 0 Å². The highest BCUT2D eigenvalue weighted by Crippen LogP contribution is 2.32. The molecule has 164 valence electrons. The van der Waals surface area contributed by atoms with Gasteiger partial charge in [0.1, 0.15) is 22.3 Å². The van der Waals surface area contributed by atoms with Crippen LogP contribution in [-0.4, -0.2) is 46.3 Å². The number of carbonyl (C=O) groups is 1. The van der Waals surface area contributed by atoms with Gasteiger partial charge in [-0.3, -0.25) is 4.79 Å². The van der Waals surface area contributed by atoms with Crippen LogP contribution in [0.3, 0.4) is 0 Å². The van der Waals surface area contributed by atoms with Crippen molar-refractivity contribution in [1.29, 1.82) is 0 Å². The molecular formula is C20H22FN5O3S2. The van der Waals surface area contributed by atoms with Crippen LogP contribution in [0.15, 0.2) is 41.0 Å². The van der Waals surface area contributed by atoms with Crippen molar-refractivity contribution >= 4 is 32.3 Å². The Labute approximate surface area is 183 Å². The summed E-state index contributed by atoms with van der Waals surface area (Å²) in [4.78, 5) is 21.2. The molecule has 31 heavy (non-hydrogen) atoms. The summed E-state index contributed by atoms with van der Waals surface area (Å²) < 4.78 is 41.9. The molecular weight excluding hydrogens is 441 g/mol. The Balaban J connectivity index is 1.40. The molecule has 1 N–H and O–H groups in total. The van der Waals surface area contributed by atoms with Gasteiger partial charge in [-0.25, -0.2) is 22.8 Å². The van der Waals surface area contributed by atoms with Crippen LogP contribution in [-0.2, 0) is 21.9 Å². The Morgan fingerprint density at radius 2 is 1.90 bits per heavy atom. The maximum atomic E-state index is 13.2. The molecule has 0 atom stereocenters. The lowest BCUT2D eigenvalue weighted by Gasteiger charge is -2.29. The van der Waals surface area contributed by atoms with Crippen molar-refractivity contribution in [3.8, 4) is 11.3 Å². The van der Waals surface area contributed by atoms with E-state index in [1.165, 1.54) is 34.0 Å². The Hall–Kier alpha value is -2.63. The molecule has 3 heterocycles. The van der Waals surface area contributed by atoms with Crippen LogP contribution < -0.4 is 5.32 Å². The van der Waals surface area contributed by atoms with E-state index in [0.717, 1.165) is 0 Å². The average Bonchev–Trinajstić information content (AvgIpc) is 3.35. The van der Waals surface area contributed by atoms with Crippen molar-refractivity contribution in [3.05, 3.63) is 47.6 Å². The predicted octanol–water partition coefficient (Wildman–Crippen LogP) is 3.03. The predicted molar refractivity (Wildman–Crippen MR) is 116 cm³/mol. The molecule has 11 heteroatoms. The number of halogens is 1. The molecule has 1 aromatic carbocycles. The van der Waals surface area contributed by atoms with Gasteiger partial charge >= 0.3 is 0 Å². The molecule has 1 aliphatic rings. The number of aromatic nitrogens is 3. The highest BCUT2D eigenvalue weighted by molar-refractivity contribution is 7.89. The lowest BCUT2D eigenvalue weighted by molar-refractivity contribution is -0.120. The first kappa shape index (κ1) is 21.6. The van der Waals surface area contributed by atoms with E-state index in [1.807, 2.05) is 0 Å². The van der Waals surface area contributed by atoms with Gasteiger partial charge in [-0.05, 0) is 44.0 Å². The van der Waals surface area contributed by atoms with Gasteiger partial charge in [0.15, 0.2) is 5.03 Å². The molecule has 4 rings (SSSR count). The fourth-order valence-corrected chi connectivity index (χ4v) is 5.70. The minimum atomic E-state index is -3.68. The van der Waals surface area contributed by atoms with E-state index in [-0.39, 0.29) is 35.8 Å². The number of sulfonamides is 1. The molecule has 1 amide bonds. The van der Waals surface area contributed by atoms with Crippen molar-refractivity contribution < 1.29 is 17.6 Å². The van der Waals surface area contributed by atoms with Gasteiger partial charge in [0.05, 0.1) is 5.51 Å². The SMILES string of the molecule is Cc1nc(S(=O)(=O)N2CCC(C(=O)Nc3scnc3-c3ccc(F)cc3)CC2)cn1C. The summed E-state index contributed by atoms with van der Waals surface area (Å²) in [6, 6.07) is 5.92. The number of piperidine rings is 1. The number of amides is 1. The third-order valence-corrected chi connectivity index (χ3v) is 7.95. The molecule has 2 aromatic heterocycles. The van der Waals surface area contributed by atoms with Gasteiger partial charge in [-0.2, -0.15) is 4.31 Å². The van der Waals surface area contributed by atoms with E-state index in [9.17, 15) is 17.6 Å². The van der Waals surface area contributed by atoms with Crippen LogP contribution in [0.4, 0.5) is 9.39 Å². The van der Waals surface area contributed by atoms with Crippen LogP contribution in [0.1, 0.15) is 18.7 Å². The fourth-order valence-electron chi connectivity index (χ4n) is 3.50. The Morgan fingerprint density at radius 1 is 1.23 bits per heavy atom. The van der Waals surface area contributed by atoms with Crippen LogP contribution in [0, 0.1) is 18.7 Å². The molecule has 0 spiro atoms.